The van der Waals surface area contributed by atoms with E-state index in [9.17, 15) is 9.59 Å². The van der Waals surface area contributed by atoms with Crippen molar-refractivity contribution < 1.29 is 4.79 Å². The maximum absolute atomic E-state index is 12.6. The molecule has 0 radical (unpaired) electrons. The van der Waals surface area contributed by atoms with Crippen molar-refractivity contribution in [1.82, 2.24) is 4.57 Å². The highest BCUT2D eigenvalue weighted by Gasteiger charge is 2.33. The highest BCUT2D eigenvalue weighted by molar-refractivity contribution is 7.07. The minimum atomic E-state index is -0.0871. The van der Waals surface area contributed by atoms with Gasteiger partial charge in [-0.1, -0.05) is 37.8 Å². The summed E-state index contributed by atoms with van der Waals surface area (Å²) in [7, 11) is 0. The van der Waals surface area contributed by atoms with Gasteiger partial charge in [-0.3, -0.25) is 14.2 Å². The van der Waals surface area contributed by atoms with Crippen molar-refractivity contribution >= 4 is 29.3 Å². The molecule has 3 nitrogen and oxygen atoms in total. The average Bonchev–Trinajstić information content (AvgIpc) is 2.87. The Morgan fingerprint density at radius 2 is 2.00 bits per heavy atom. The van der Waals surface area contributed by atoms with E-state index in [1.807, 2.05) is 38.1 Å². The molecule has 1 aliphatic rings. The minimum absolute atomic E-state index is 0.0222. The Morgan fingerprint density at radius 3 is 2.65 bits per heavy atom. The van der Waals surface area contributed by atoms with Gasteiger partial charge in [-0.05, 0) is 12.5 Å². The number of aromatic nitrogens is 1. The summed E-state index contributed by atoms with van der Waals surface area (Å²) in [6, 6.07) is 7.66. The zero-order chi connectivity index (χ0) is 14.4. The summed E-state index contributed by atoms with van der Waals surface area (Å²) in [5.74, 6) is 0.0606. The lowest BCUT2D eigenvalue weighted by Crippen LogP contribution is -2.31. The molecule has 1 aliphatic carbocycles. The van der Waals surface area contributed by atoms with Crippen LogP contribution in [0.5, 0.6) is 0 Å². The molecule has 1 aromatic carbocycles. The molecular formula is C16H15NO2S. The summed E-state index contributed by atoms with van der Waals surface area (Å²) >= 11 is 1.32. The van der Waals surface area contributed by atoms with Crippen molar-refractivity contribution in [2.45, 2.75) is 26.3 Å². The molecule has 2 aromatic rings. The van der Waals surface area contributed by atoms with Crippen LogP contribution >= 0.6 is 11.3 Å². The lowest BCUT2D eigenvalue weighted by atomic mass is 10.0. The molecule has 1 atom stereocenters. The van der Waals surface area contributed by atoms with Crippen molar-refractivity contribution in [1.29, 1.82) is 0 Å². The van der Waals surface area contributed by atoms with E-state index in [0.717, 1.165) is 21.4 Å². The Hall–Kier alpha value is -1.94. The third-order valence-corrected chi connectivity index (χ3v) is 4.90. The highest BCUT2D eigenvalue weighted by atomic mass is 32.1. The molecule has 1 heterocycles. The van der Waals surface area contributed by atoms with Gasteiger partial charge in [0.15, 0.2) is 5.78 Å². The Kier molecular flexibility index (Phi) is 2.98. The van der Waals surface area contributed by atoms with Crippen molar-refractivity contribution in [2.75, 3.05) is 0 Å². The molecule has 102 valence electrons. The van der Waals surface area contributed by atoms with Crippen LogP contribution in [0.2, 0.25) is 0 Å². The number of benzene rings is 1. The predicted molar refractivity (Wildman–Crippen MR) is 81.6 cm³/mol. The van der Waals surface area contributed by atoms with E-state index < -0.39 is 0 Å². The summed E-state index contributed by atoms with van der Waals surface area (Å²) in [6.07, 6.45) is 0. The standard InChI is InChI=1S/C16H15NO2S/c1-4-17-15(19)10(3)20-16(17)13-9(2)11-7-5-6-8-12(11)14(13)18/h5-9H,3-4H2,1-2H3. The van der Waals surface area contributed by atoms with Gasteiger partial charge in [-0.25, -0.2) is 0 Å². The maximum atomic E-state index is 12.6. The fraction of sp³-hybridized carbons (Fsp3) is 0.250. The fourth-order valence-electron chi connectivity index (χ4n) is 2.81. The molecular weight excluding hydrogens is 270 g/mol. The number of hydrogen-bond acceptors (Lipinski definition) is 3. The van der Waals surface area contributed by atoms with E-state index in [-0.39, 0.29) is 17.3 Å². The van der Waals surface area contributed by atoms with Gasteiger partial charge in [0.1, 0.15) is 4.66 Å². The fourth-order valence-corrected chi connectivity index (χ4v) is 3.94. The lowest BCUT2D eigenvalue weighted by molar-refractivity contribution is 0.105. The van der Waals surface area contributed by atoms with Gasteiger partial charge in [0.05, 0.1) is 4.53 Å². The third-order valence-electron chi connectivity index (χ3n) is 3.84. The maximum Gasteiger partial charge on any atom is 0.268 e. The molecule has 20 heavy (non-hydrogen) atoms. The lowest BCUT2D eigenvalue weighted by Gasteiger charge is -2.05. The number of Topliss-reactive ketones (excluding diaryl/α,β-unsaturated/α-hetero) is 1. The number of ketones is 1. The van der Waals surface area contributed by atoms with Crippen molar-refractivity contribution in [3.8, 4) is 0 Å². The minimum Gasteiger partial charge on any atom is -0.299 e. The first-order valence-corrected chi connectivity index (χ1v) is 7.44. The summed E-state index contributed by atoms with van der Waals surface area (Å²) < 4.78 is 2.91. The molecule has 0 saturated carbocycles. The molecule has 0 fully saturated rings. The molecule has 0 bridgehead atoms. The monoisotopic (exact) mass is 285 g/mol. The van der Waals surface area contributed by atoms with E-state index >= 15 is 0 Å². The molecule has 0 N–H and O–H groups in total. The number of hydrogen-bond donors (Lipinski definition) is 0. The molecule has 0 aliphatic heterocycles. The van der Waals surface area contributed by atoms with Crippen molar-refractivity contribution in [2.24, 2.45) is 0 Å². The molecule has 0 amide bonds. The summed E-state index contributed by atoms with van der Waals surface area (Å²) in [4.78, 5) is 24.7. The molecule has 0 spiro atoms. The van der Waals surface area contributed by atoms with Crippen LogP contribution in [-0.4, -0.2) is 10.4 Å². The number of fused-ring (bicyclic) bond motifs is 1. The second-order valence-corrected chi connectivity index (χ2v) is 6.02. The van der Waals surface area contributed by atoms with E-state index in [1.165, 1.54) is 11.3 Å². The summed E-state index contributed by atoms with van der Waals surface area (Å²) in [5.41, 5.74) is 2.44. The van der Waals surface area contributed by atoms with Crippen LogP contribution in [0, 0.1) is 0 Å². The van der Waals surface area contributed by atoms with Crippen LogP contribution in [0.4, 0.5) is 0 Å². The second kappa shape index (κ2) is 4.56. The summed E-state index contributed by atoms with van der Waals surface area (Å²) in [5, 5.41) is 0. The van der Waals surface area contributed by atoms with Crippen LogP contribution in [0.15, 0.2) is 29.1 Å². The molecule has 0 saturated heterocycles. The average molecular weight is 285 g/mol. The number of carbonyl (C=O) groups excluding carboxylic acids is 1. The first-order valence-electron chi connectivity index (χ1n) is 6.62. The van der Waals surface area contributed by atoms with Crippen LogP contribution in [0.3, 0.4) is 0 Å². The van der Waals surface area contributed by atoms with Crippen LogP contribution in [-0.2, 0) is 6.54 Å². The van der Waals surface area contributed by atoms with E-state index in [0.29, 0.717) is 11.1 Å². The van der Waals surface area contributed by atoms with Gasteiger partial charge in [0.2, 0.25) is 0 Å². The number of carbonyl (C=O) groups is 1. The topological polar surface area (TPSA) is 39.1 Å². The quantitative estimate of drug-likeness (QED) is 0.796. The van der Waals surface area contributed by atoms with Crippen molar-refractivity contribution in [3.63, 3.8) is 0 Å². The second-order valence-electron chi connectivity index (χ2n) is 4.93. The number of rotatable bonds is 1. The molecule has 3 rings (SSSR count). The first-order chi connectivity index (χ1) is 9.56. The van der Waals surface area contributed by atoms with Crippen LogP contribution in [0.25, 0.3) is 12.2 Å². The first kappa shape index (κ1) is 13.1. The SMILES string of the molecule is C=c1sc(=C2C(=O)c3ccccc3C2C)n(CC)c1=O. The molecule has 1 aromatic heterocycles. The van der Waals surface area contributed by atoms with Gasteiger partial charge >= 0.3 is 0 Å². The molecule has 1 unspecified atom stereocenters. The number of thiazole rings is 1. The van der Waals surface area contributed by atoms with Gasteiger partial charge < -0.3 is 0 Å². The van der Waals surface area contributed by atoms with E-state index in [2.05, 4.69) is 6.58 Å². The molecule has 4 heteroatoms. The van der Waals surface area contributed by atoms with Gasteiger partial charge in [0, 0.05) is 23.6 Å². The smallest absolute Gasteiger partial charge is 0.268 e. The van der Waals surface area contributed by atoms with Crippen LogP contribution < -0.4 is 14.8 Å². The van der Waals surface area contributed by atoms with Gasteiger partial charge in [0.25, 0.3) is 5.56 Å². The Morgan fingerprint density at radius 1 is 1.30 bits per heavy atom. The number of nitrogens with zero attached hydrogens (tertiary/aromatic N) is 1. The Bertz CT molecular complexity index is 873. The van der Waals surface area contributed by atoms with Crippen LogP contribution in [0.1, 0.15) is 35.7 Å². The zero-order valence-corrected chi connectivity index (χ0v) is 12.3. The van der Waals surface area contributed by atoms with Crippen molar-refractivity contribution in [3.05, 3.63) is 54.9 Å². The zero-order valence-electron chi connectivity index (χ0n) is 11.5. The van der Waals surface area contributed by atoms with Gasteiger partial charge in [-0.2, -0.15) is 0 Å². The van der Waals surface area contributed by atoms with E-state index in [4.69, 9.17) is 0 Å². The summed E-state index contributed by atoms with van der Waals surface area (Å²) in [6.45, 7) is 8.27. The van der Waals surface area contributed by atoms with E-state index in [1.54, 1.807) is 4.57 Å². The largest absolute Gasteiger partial charge is 0.299 e. The third kappa shape index (κ3) is 1.64. The predicted octanol–water partition coefficient (Wildman–Crippen LogP) is 1.49. The highest BCUT2D eigenvalue weighted by Crippen LogP contribution is 2.37. The normalized spacial score (nSPS) is 20.3. The Labute approximate surface area is 120 Å². The Balaban J connectivity index is 2.41. The van der Waals surface area contributed by atoms with Gasteiger partial charge in [-0.15, -0.1) is 11.3 Å².